The van der Waals surface area contributed by atoms with Crippen LogP contribution in [0.4, 0.5) is 21.6 Å². The number of nitrogens with one attached hydrogen (secondary N) is 3. The number of thioether (sulfide) groups is 1. The Morgan fingerprint density at radius 3 is 2.68 bits per heavy atom. The Morgan fingerprint density at radius 1 is 1.09 bits per heavy atom. The Bertz CT molecular complexity index is 2270. The molecule has 1 atom stereocenters. The van der Waals surface area contributed by atoms with Crippen molar-refractivity contribution in [1.29, 1.82) is 0 Å². The van der Waals surface area contributed by atoms with Crippen LogP contribution in [0.2, 0.25) is 5.02 Å². The number of hydrogen-bond donors (Lipinski definition) is 3. The van der Waals surface area contributed by atoms with Crippen molar-refractivity contribution < 1.29 is 33.1 Å². The highest BCUT2D eigenvalue weighted by Crippen LogP contribution is 2.36. The third-order valence-corrected chi connectivity index (χ3v) is 11.6. The number of anilines is 3. The smallest absolute Gasteiger partial charge is 0.255 e. The van der Waals surface area contributed by atoms with Crippen LogP contribution in [0.1, 0.15) is 41.6 Å². The first kappa shape index (κ1) is 39.6. The van der Waals surface area contributed by atoms with Crippen LogP contribution < -0.4 is 20.7 Å². The van der Waals surface area contributed by atoms with Crippen molar-refractivity contribution in [3.05, 3.63) is 89.0 Å². The number of halogens is 2. The summed E-state index contributed by atoms with van der Waals surface area (Å²) in [4.78, 5) is 78.4. The number of imide groups is 1. The minimum Gasteiger partial charge on any atom is -0.494 e. The summed E-state index contributed by atoms with van der Waals surface area (Å²) in [7, 11) is 1.50. The van der Waals surface area contributed by atoms with E-state index in [1.165, 1.54) is 37.7 Å². The van der Waals surface area contributed by atoms with Gasteiger partial charge in [-0.1, -0.05) is 23.7 Å². The van der Waals surface area contributed by atoms with Crippen LogP contribution in [0.15, 0.2) is 71.9 Å². The Hall–Kier alpha value is -5.58. The quantitative estimate of drug-likeness (QED) is 0.0708. The molecule has 0 spiro atoms. The Labute approximate surface area is 337 Å². The van der Waals surface area contributed by atoms with Gasteiger partial charge in [0.25, 0.3) is 5.91 Å². The number of hydrogen-bond acceptors (Lipinski definition) is 11. The van der Waals surface area contributed by atoms with E-state index >= 15 is 0 Å². The predicted molar refractivity (Wildman–Crippen MR) is 214 cm³/mol. The van der Waals surface area contributed by atoms with Crippen molar-refractivity contribution in [3.63, 3.8) is 0 Å². The number of nitrogens with zero attached hydrogens (tertiary/aromatic N) is 5. The van der Waals surface area contributed by atoms with Crippen LogP contribution in [0.5, 0.6) is 5.75 Å². The summed E-state index contributed by atoms with van der Waals surface area (Å²) < 4.78 is 19.2. The molecule has 17 heteroatoms. The third-order valence-electron chi connectivity index (χ3n) is 10.1. The molecule has 3 aliphatic rings. The highest BCUT2D eigenvalue weighted by atomic mass is 35.5. The fourth-order valence-corrected chi connectivity index (χ4v) is 8.29. The topological polar surface area (TPSA) is 166 Å². The third kappa shape index (κ3) is 9.19. The molecule has 57 heavy (non-hydrogen) atoms. The lowest BCUT2D eigenvalue weighted by molar-refractivity contribution is -0.137. The zero-order chi connectivity index (χ0) is 40.1. The second-order valence-corrected chi connectivity index (χ2v) is 15.3. The number of benzene rings is 3. The highest BCUT2D eigenvalue weighted by molar-refractivity contribution is 7.99. The first-order valence-corrected chi connectivity index (χ1v) is 19.9. The number of aromatic nitrogens is 2. The molecular formula is C40H40ClFN8O6S. The summed E-state index contributed by atoms with van der Waals surface area (Å²) in [6.07, 6.45) is 6.23. The molecule has 2 fully saturated rings. The SMILES string of the molecule is COc1cc2ncnc(Nc3ccc(F)c(Cl)c3)c2cc1NC(=O)/C=C/CN1CCN(C(=O)CCCSc2cccc3c2CN(C2CCC(=O)NC2=O)C3=O)CC1. The van der Waals surface area contributed by atoms with Gasteiger partial charge in [0.15, 0.2) is 0 Å². The molecule has 0 saturated carbocycles. The van der Waals surface area contributed by atoms with Crippen molar-refractivity contribution in [3.8, 4) is 5.75 Å². The van der Waals surface area contributed by atoms with Crippen LogP contribution >= 0.6 is 23.4 Å². The average molecular weight is 815 g/mol. The average Bonchev–Trinajstić information content (AvgIpc) is 3.54. The van der Waals surface area contributed by atoms with E-state index in [0.29, 0.717) is 104 Å². The predicted octanol–water partition coefficient (Wildman–Crippen LogP) is 5.15. The van der Waals surface area contributed by atoms with Gasteiger partial charge in [0.1, 0.15) is 29.8 Å². The molecule has 3 aliphatic heterocycles. The summed E-state index contributed by atoms with van der Waals surface area (Å²) in [5.41, 5.74) is 2.97. The molecule has 7 rings (SSSR count). The Morgan fingerprint density at radius 2 is 1.91 bits per heavy atom. The number of carbonyl (C=O) groups excluding carboxylic acids is 5. The molecule has 14 nitrogen and oxygen atoms in total. The van der Waals surface area contributed by atoms with Gasteiger partial charge in [0, 0.05) is 85.8 Å². The molecule has 3 aromatic carbocycles. The summed E-state index contributed by atoms with van der Waals surface area (Å²) in [6, 6.07) is 12.5. The fraction of sp³-hybridized carbons (Fsp3) is 0.325. The van der Waals surface area contributed by atoms with E-state index in [1.807, 2.05) is 17.0 Å². The highest BCUT2D eigenvalue weighted by Gasteiger charge is 2.39. The van der Waals surface area contributed by atoms with Gasteiger partial charge in [-0.05, 0) is 60.6 Å². The van der Waals surface area contributed by atoms with Crippen LogP contribution in [-0.4, -0.2) is 106 Å². The maximum atomic E-state index is 13.7. The molecule has 5 amide bonds. The van der Waals surface area contributed by atoms with Crippen LogP contribution in [-0.2, 0) is 25.7 Å². The van der Waals surface area contributed by atoms with E-state index in [1.54, 1.807) is 40.9 Å². The molecule has 2 saturated heterocycles. The van der Waals surface area contributed by atoms with Gasteiger partial charge in [0.2, 0.25) is 23.6 Å². The van der Waals surface area contributed by atoms with E-state index in [9.17, 15) is 28.4 Å². The number of piperidine rings is 1. The van der Waals surface area contributed by atoms with E-state index in [2.05, 4.69) is 30.8 Å². The minimum atomic E-state index is -0.660. The summed E-state index contributed by atoms with van der Waals surface area (Å²) >= 11 is 7.55. The lowest BCUT2D eigenvalue weighted by Crippen LogP contribution is -2.52. The van der Waals surface area contributed by atoms with Gasteiger partial charge in [-0.3, -0.25) is 34.2 Å². The molecule has 1 unspecified atom stereocenters. The number of ether oxygens (including phenoxy) is 1. The molecule has 4 aromatic rings. The van der Waals surface area contributed by atoms with E-state index in [0.717, 1.165) is 10.5 Å². The van der Waals surface area contributed by atoms with E-state index in [-0.39, 0.29) is 35.1 Å². The standard InChI is InChI=1S/C40H40ClFN8O6S/c1-56-33-21-30-26(38(44-23-43-30)45-24-9-10-29(42)28(41)19-24)20-31(33)46-35(51)7-3-13-48-14-16-49(17-15-48)37(53)8-4-18-57-34-6-2-5-25-27(34)22-50(40(25)55)32-11-12-36(52)47-39(32)54/h2-3,5-7,9-10,19-21,23,32H,4,8,11-18,22H2,1H3,(H,46,51)(H,43,44,45)(H,47,52,54)/b7-3+. The van der Waals surface area contributed by atoms with Crippen molar-refractivity contribution in [2.24, 2.45) is 0 Å². The number of methoxy groups -OCH3 is 1. The number of carbonyl (C=O) groups is 5. The molecule has 0 bridgehead atoms. The van der Waals surface area contributed by atoms with Gasteiger partial charge in [-0.15, -0.1) is 11.8 Å². The van der Waals surface area contributed by atoms with Crippen molar-refractivity contribution in [2.45, 2.75) is 43.2 Å². The number of piperazine rings is 1. The molecule has 0 aliphatic carbocycles. The normalized spacial score (nSPS) is 17.2. The zero-order valence-corrected chi connectivity index (χ0v) is 32.6. The number of amides is 5. The van der Waals surface area contributed by atoms with Gasteiger partial charge in [-0.2, -0.15) is 0 Å². The molecule has 296 valence electrons. The summed E-state index contributed by atoms with van der Waals surface area (Å²) in [5.74, 6) is -0.199. The van der Waals surface area contributed by atoms with Crippen LogP contribution in [0.3, 0.4) is 0 Å². The monoisotopic (exact) mass is 814 g/mol. The molecule has 4 heterocycles. The van der Waals surface area contributed by atoms with E-state index in [4.69, 9.17) is 16.3 Å². The summed E-state index contributed by atoms with van der Waals surface area (Å²) in [5, 5.41) is 8.90. The Balaban J connectivity index is 0.851. The Kier molecular flexibility index (Phi) is 12.3. The largest absolute Gasteiger partial charge is 0.494 e. The number of fused-ring (bicyclic) bond motifs is 2. The van der Waals surface area contributed by atoms with Crippen LogP contribution in [0.25, 0.3) is 10.9 Å². The van der Waals surface area contributed by atoms with Crippen molar-refractivity contribution >= 4 is 81.0 Å². The van der Waals surface area contributed by atoms with Crippen LogP contribution in [0, 0.1) is 5.82 Å². The first-order valence-electron chi connectivity index (χ1n) is 18.5. The number of rotatable bonds is 13. The zero-order valence-electron chi connectivity index (χ0n) is 31.1. The molecule has 0 radical (unpaired) electrons. The second-order valence-electron chi connectivity index (χ2n) is 13.8. The lowest BCUT2D eigenvalue weighted by atomic mass is 10.0. The minimum absolute atomic E-state index is 0.0328. The second kappa shape index (κ2) is 17.7. The first-order chi connectivity index (χ1) is 27.6. The van der Waals surface area contributed by atoms with Gasteiger partial charge < -0.3 is 25.2 Å². The fourth-order valence-electron chi connectivity index (χ4n) is 7.08. The maximum Gasteiger partial charge on any atom is 0.255 e. The van der Waals surface area contributed by atoms with Crippen molar-refractivity contribution in [2.75, 3.05) is 56.2 Å². The van der Waals surface area contributed by atoms with Crippen molar-refractivity contribution in [1.82, 2.24) is 30.0 Å². The molecular weight excluding hydrogens is 775 g/mol. The van der Waals surface area contributed by atoms with Gasteiger partial charge in [0.05, 0.1) is 23.3 Å². The maximum absolute atomic E-state index is 13.7. The molecule has 3 N–H and O–H groups in total. The lowest BCUT2D eigenvalue weighted by Gasteiger charge is -2.34. The molecule has 1 aromatic heterocycles. The van der Waals surface area contributed by atoms with Gasteiger partial charge in [-0.25, -0.2) is 14.4 Å². The van der Waals surface area contributed by atoms with E-state index < -0.39 is 17.8 Å². The summed E-state index contributed by atoms with van der Waals surface area (Å²) in [6.45, 7) is 3.38. The van der Waals surface area contributed by atoms with Gasteiger partial charge >= 0.3 is 0 Å².